The van der Waals surface area contributed by atoms with E-state index in [1.165, 1.54) is 24.5 Å². The van der Waals surface area contributed by atoms with Gasteiger partial charge in [-0.1, -0.05) is 12.1 Å². The number of nitrogens with one attached hydrogen (secondary N) is 1. The zero-order valence-corrected chi connectivity index (χ0v) is 17.4. The van der Waals surface area contributed by atoms with Crippen molar-refractivity contribution in [2.75, 3.05) is 26.5 Å². The molecular formula is C20H23FN4O2S. The number of hydrogen-bond acceptors (Lipinski definition) is 7. The zero-order valence-electron chi connectivity index (χ0n) is 16.6. The van der Waals surface area contributed by atoms with Crippen LogP contribution in [0, 0.1) is 19.7 Å². The Morgan fingerprint density at radius 3 is 2.68 bits per heavy atom. The molecule has 0 atom stereocenters. The number of carbonyl (C=O) groups is 1. The number of aromatic nitrogens is 2. The summed E-state index contributed by atoms with van der Waals surface area (Å²) in [6.07, 6.45) is 0. The maximum Gasteiger partial charge on any atom is 0.348 e. The number of benzene rings is 1. The number of hydrogen-bond donors (Lipinski definition) is 1. The fourth-order valence-corrected chi connectivity index (χ4v) is 4.16. The third-order valence-electron chi connectivity index (χ3n) is 4.34. The van der Waals surface area contributed by atoms with Crippen molar-refractivity contribution in [3.8, 4) is 0 Å². The molecule has 0 spiro atoms. The first kappa shape index (κ1) is 20.2. The van der Waals surface area contributed by atoms with Gasteiger partial charge in [-0.15, -0.1) is 11.3 Å². The second-order valence-corrected chi connectivity index (χ2v) is 7.86. The molecule has 0 unspecified atom stereocenters. The number of rotatable bonds is 6. The van der Waals surface area contributed by atoms with Gasteiger partial charge in [0.05, 0.1) is 12.5 Å². The van der Waals surface area contributed by atoms with Crippen molar-refractivity contribution in [1.82, 2.24) is 14.9 Å². The molecule has 0 aliphatic carbocycles. The zero-order chi connectivity index (χ0) is 20.4. The lowest BCUT2D eigenvalue weighted by molar-refractivity contribution is 0.0605. The molecule has 6 nitrogen and oxygen atoms in total. The van der Waals surface area contributed by atoms with Gasteiger partial charge in [0.15, 0.2) is 0 Å². The molecule has 0 fully saturated rings. The third-order valence-corrected chi connectivity index (χ3v) is 5.50. The minimum absolute atomic E-state index is 0.225. The van der Waals surface area contributed by atoms with Gasteiger partial charge in [0.1, 0.15) is 27.2 Å². The third kappa shape index (κ3) is 4.13. The lowest BCUT2D eigenvalue weighted by Crippen LogP contribution is -2.12. The van der Waals surface area contributed by atoms with Gasteiger partial charge in [0.2, 0.25) is 0 Å². The van der Waals surface area contributed by atoms with E-state index in [1.54, 1.807) is 13.0 Å². The first-order chi connectivity index (χ1) is 13.3. The van der Waals surface area contributed by atoms with Crippen molar-refractivity contribution in [3.63, 3.8) is 0 Å². The van der Waals surface area contributed by atoms with E-state index in [9.17, 15) is 9.18 Å². The number of carbonyl (C=O) groups excluding carboxylic acids is 1. The highest BCUT2D eigenvalue weighted by Crippen LogP contribution is 2.34. The molecule has 0 amide bonds. The van der Waals surface area contributed by atoms with Crippen LogP contribution < -0.4 is 5.32 Å². The molecule has 0 aliphatic rings. The number of ether oxygens (including phenoxy) is 1. The predicted molar refractivity (Wildman–Crippen MR) is 109 cm³/mol. The minimum atomic E-state index is -0.386. The molecular weight excluding hydrogens is 379 g/mol. The second-order valence-electron chi connectivity index (χ2n) is 6.86. The number of anilines is 1. The van der Waals surface area contributed by atoms with Crippen LogP contribution in [-0.2, 0) is 17.8 Å². The topological polar surface area (TPSA) is 67.3 Å². The fourth-order valence-electron chi connectivity index (χ4n) is 3.02. The summed E-state index contributed by atoms with van der Waals surface area (Å²) >= 11 is 1.29. The standard InChI is InChI=1S/C20H23FN4O2S/c1-11-16-18(23-12(2)24-19(16)28-17(11)20(26)27-5)22-9-13-6-7-14(10-25(3)4)15(21)8-13/h6-8H,9-10H2,1-5H3,(H,22,23,24). The lowest BCUT2D eigenvalue weighted by Gasteiger charge is -2.12. The van der Waals surface area contributed by atoms with Gasteiger partial charge in [-0.2, -0.15) is 0 Å². The van der Waals surface area contributed by atoms with Gasteiger partial charge in [0.25, 0.3) is 0 Å². The highest BCUT2D eigenvalue weighted by Gasteiger charge is 2.20. The SMILES string of the molecule is COC(=O)c1sc2nc(C)nc(NCc3ccc(CN(C)C)c(F)c3)c2c1C. The minimum Gasteiger partial charge on any atom is -0.465 e. The maximum absolute atomic E-state index is 14.3. The average Bonchev–Trinajstić information content (AvgIpc) is 2.97. The maximum atomic E-state index is 14.3. The summed E-state index contributed by atoms with van der Waals surface area (Å²) in [5.74, 6) is 0.615. The average molecular weight is 402 g/mol. The highest BCUT2D eigenvalue weighted by atomic mass is 32.1. The molecule has 2 aromatic heterocycles. The second kappa shape index (κ2) is 8.20. The van der Waals surface area contributed by atoms with Gasteiger partial charge in [-0.3, -0.25) is 0 Å². The van der Waals surface area contributed by atoms with E-state index in [0.29, 0.717) is 35.2 Å². The quantitative estimate of drug-likeness (QED) is 0.631. The van der Waals surface area contributed by atoms with Crippen LogP contribution in [-0.4, -0.2) is 42.0 Å². The highest BCUT2D eigenvalue weighted by molar-refractivity contribution is 7.20. The van der Waals surface area contributed by atoms with Crippen LogP contribution in [0.5, 0.6) is 0 Å². The molecule has 0 radical (unpaired) electrons. The van der Waals surface area contributed by atoms with Gasteiger partial charge >= 0.3 is 5.97 Å². The van der Waals surface area contributed by atoms with Gasteiger partial charge in [0, 0.05) is 18.7 Å². The molecule has 0 aliphatic heterocycles. The summed E-state index contributed by atoms with van der Waals surface area (Å²) < 4.78 is 19.2. The van der Waals surface area contributed by atoms with Crippen molar-refractivity contribution >= 4 is 33.3 Å². The van der Waals surface area contributed by atoms with Crippen LogP contribution in [0.25, 0.3) is 10.2 Å². The molecule has 148 valence electrons. The van der Waals surface area contributed by atoms with Crippen LogP contribution in [0.4, 0.5) is 10.2 Å². The Kier molecular flexibility index (Phi) is 5.90. The van der Waals surface area contributed by atoms with Crippen molar-refractivity contribution in [3.05, 3.63) is 51.4 Å². The lowest BCUT2D eigenvalue weighted by atomic mass is 10.1. The Labute approximate surface area is 167 Å². The summed E-state index contributed by atoms with van der Waals surface area (Å²) in [6.45, 7) is 4.61. The Balaban J connectivity index is 1.89. The van der Waals surface area contributed by atoms with Crippen molar-refractivity contribution in [2.24, 2.45) is 0 Å². The van der Waals surface area contributed by atoms with Crippen LogP contribution in [0.3, 0.4) is 0 Å². The first-order valence-corrected chi connectivity index (χ1v) is 9.63. The normalized spacial score (nSPS) is 11.2. The Morgan fingerprint density at radius 2 is 2.04 bits per heavy atom. The number of methoxy groups -OCH3 is 1. The van der Waals surface area contributed by atoms with Crippen molar-refractivity contribution < 1.29 is 13.9 Å². The molecule has 3 aromatic rings. The van der Waals surface area contributed by atoms with Crippen LogP contribution in [0.2, 0.25) is 0 Å². The Hall–Kier alpha value is -2.58. The Bertz CT molecular complexity index is 1030. The van der Waals surface area contributed by atoms with Crippen LogP contribution in [0.1, 0.15) is 32.2 Å². The summed E-state index contributed by atoms with van der Waals surface area (Å²) in [6, 6.07) is 5.25. The summed E-state index contributed by atoms with van der Waals surface area (Å²) in [5.41, 5.74) is 2.25. The smallest absolute Gasteiger partial charge is 0.348 e. The number of halogens is 1. The van der Waals surface area contributed by atoms with E-state index in [1.807, 2.05) is 32.0 Å². The molecule has 2 heterocycles. The molecule has 1 N–H and O–H groups in total. The first-order valence-electron chi connectivity index (χ1n) is 8.82. The van der Waals surface area contributed by atoms with E-state index in [-0.39, 0.29) is 11.8 Å². The van der Waals surface area contributed by atoms with Gasteiger partial charge in [-0.25, -0.2) is 19.2 Å². The van der Waals surface area contributed by atoms with Crippen LogP contribution in [0.15, 0.2) is 18.2 Å². The van der Waals surface area contributed by atoms with E-state index in [0.717, 1.165) is 21.3 Å². The number of nitrogens with zero attached hydrogens (tertiary/aromatic N) is 3. The fraction of sp³-hybridized carbons (Fsp3) is 0.350. The predicted octanol–water partition coefficient (Wildman–Crippen LogP) is 3.91. The molecule has 0 saturated heterocycles. The Morgan fingerprint density at radius 1 is 1.29 bits per heavy atom. The summed E-state index contributed by atoms with van der Waals surface area (Å²) in [4.78, 5) is 24.1. The summed E-state index contributed by atoms with van der Waals surface area (Å²) in [5, 5.41) is 4.06. The van der Waals surface area contributed by atoms with E-state index < -0.39 is 0 Å². The van der Waals surface area contributed by atoms with E-state index in [4.69, 9.17) is 4.74 Å². The molecule has 3 rings (SSSR count). The molecule has 8 heteroatoms. The number of fused-ring (bicyclic) bond motifs is 1. The largest absolute Gasteiger partial charge is 0.465 e. The molecule has 28 heavy (non-hydrogen) atoms. The molecule has 0 saturated carbocycles. The van der Waals surface area contributed by atoms with Gasteiger partial charge < -0.3 is 15.0 Å². The van der Waals surface area contributed by atoms with Gasteiger partial charge in [-0.05, 0) is 45.1 Å². The van der Waals surface area contributed by atoms with Crippen LogP contribution >= 0.6 is 11.3 Å². The number of thiophene rings is 1. The molecule has 0 bridgehead atoms. The van der Waals surface area contributed by atoms with Crippen molar-refractivity contribution in [2.45, 2.75) is 26.9 Å². The van der Waals surface area contributed by atoms with E-state index >= 15 is 0 Å². The molecule has 1 aromatic carbocycles. The monoisotopic (exact) mass is 402 g/mol. The van der Waals surface area contributed by atoms with E-state index in [2.05, 4.69) is 15.3 Å². The summed E-state index contributed by atoms with van der Waals surface area (Å²) in [7, 11) is 5.17. The number of aryl methyl sites for hydroxylation is 2. The number of esters is 1. The van der Waals surface area contributed by atoms with Crippen molar-refractivity contribution in [1.29, 1.82) is 0 Å².